The van der Waals surface area contributed by atoms with Gasteiger partial charge in [0.15, 0.2) is 0 Å². The van der Waals surface area contributed by atoms with E-state index in [1.165, 1.54) is 276 Å². The number of hydrogen-bond donors (Lipinski definition) is 3. The minimum Gasteiger partial charge on any atom is -0.466 e. The minimum atomic E-state index is -0.661. The first-order chi connectivity index (χ1) is 38.0. The normalized spacial score (nSPS) is 12.8. The predicted molar refractivity (Wildman–Crippen MR) is 338 cm³/mol. The van der Waals surface area contributed by atoms with Gasteiger partial charge in [-0.05, 0) is 89.9 Å². The molecular formula is C71H133NO5. The van der Waals surface area contributed by atoms with Gasteiger partial charge in [0.1, 0.15) is 0 Å². The maximum Gasteiger partial charge on any atom is 0.305 e. The van der Waals surface area contributed by atoms with Crippen LogP contribution in [0.15, 0.2) is 48.6 Å². The fraction of sp³-hybridized carbons (Fsp3) is 0.859. The van der Waals surface area contributed by atoms with Gasteiger partial charge in [-0.3, -0.25) is 9.59 Å². The maximum absolute atomic E-state index is 12.4. The quantitative estimate of drug-likeness (QED) is 0.0320. The number of rotatable bonds is 64. The highest BCUT2D eigenvalue weighted by molar-refractivity contribution is 5.76. The Morgan fingerprint density at radius 2 is 0.649 bits per heavy atom. The van der Waals surface area contributed by atoms with E-state index in [2.05, 4.69) is 67.8 Å². The molecule has 0 aromatic rings. The molecule has 452 valence electrons. The second kappa shape index (κ2) is 66.3. The molecule has 0 fully saturated rings. The van der Waals surface area contributed by atoms with E-state index < -0.39 is 12.1 Å². The molecule has 0 aliphatic carbocycles. The van der Waals surface area contributed by atoms with Crippen molar-refractivity contribution < 1.29 is 24.5 Å². The maximum atomic E-state index is 12.4. The van der Waals surface area contributed by atoms with Gasteiger partial charge in [0.05, 0.1) is 25.4 Å². The molecule has 0 radical (unpaired) electrons. The van der Waals surface area contributed by atoms with Crippen molar-refractivity contribution in [2.75, 3.05) is 13.2 Å². The molecule has 2 unspecified atom stereocenters. The van der Waals surface area contributed by atoms with Crippen molar-refractivity contribution >= 4 is 11.9 Å². The van der Waals surface area contributed by atoms with E-state index in [-0.39, 0.29) is 18.5 Å². The second-order valence-electron chi connectivity index (χ2n) is 23.5. The van der Waals surface area contributed by atoms with Gasteiger partial charge in [-0.15, -0.1) is 0 Å². The lowest BCUT2D eigenvalue weighted by Crippen LogP contribution is -2.45. The number of hydrogen-bond acceptors (Lipinski definition) is 5. The molecular weight excluding hydrogens is 947 g/mol. The zero-order valence-corrected chi connectivity index (χ0v) is 51.7. The number of unbranched alkanes of at least 4 members (excludes halogenated alkanes) is 45. The Balaban J connectivity index is 3.35. The molecule has 0 spiro atoms. The lowest BCUT2D eigenvalue weighted by Gasteiger charge is -2.22. The van der Waals surface area contributed by atoms with Crippen LogP contribution in [0.3, 0.4) is 0 Å². The van der Waals surface area contributed by atoms with Crippen LogP contribution in [0.5, 0.6) is 0 Å². The van der Waals surface area contributed by atoms with Crippen molar-refractivity contribution in [2.45, 2.75) is 379 Å². The highest BCUT2D eigenvalue weighted by atomic mass is 16.5. The van der Waals surface area contributed by atoms with Crippen LogP contribution >= 0.6 is 0 Å². The zero-order valence-electron chi connectivity index (χ0n) is 51.7. The first-order valence-electron chi connectivity index (χ1n) is 34.4. The molecule has 0 saturated carbocycles. The van der Waals surface area contributed by atoms with Crippen LogP contribution in [-0.2, 0) is 14.3 Å². The summed E-state index contributed by atoms with van der Waals surface area (Å²) in [7, 11) is 0. The summed E-state index contributed by atoms with van der Waals surface area (Å²) in [5.74, 6) is -0.0307. The Labute approximate surface area is 480 Å². The number of aliphatic hydroxyl groups is 2. The summed E-state index contributed by atoms with van der Waals surface area (Å²) in [5, 5.41) is 23.2. The molecule has 0 bridgehead atoms. The number of ether oxygens (including phenoxy) is 1. The second-order valence-corrected chi connectivity index (χ2v) is 23.5. The smallest absolute Gasteiger partial charge is 0.305 e. The van der Waals surface area contributed by atoms with Crippen LogP contribution in [-0.4, -0.2) is 47.4 Å². The van der Waals surface area contributed by atoms with Gasteiger partial charge in [0.2, 0.25) is 5.91 Å². The third-order valence-electron chi connectivity index (χ3n) is 15.9. The highest BCUT2D eigenvalue weighted by Crippen LogP contribution is 2.18. The van der Waals surface area contributed by atoms with E-state index in [0.29, 0.717) is 25.9 Å². The van der Waals surface area contributed by atoms with Crippen molar-refractivity contribution in [3.63, 3.8) is 0 Å². The Bertz CT molecular complexity index is 1290. The molecule has 77 heavy (non-hydrogen) atoms. The number of carbonyl (C=O) groups excluding carboxylic acids is 2. The Kier molecular flexibility index (Phi) is 64.5. The topological polar surface area (TPSA) is 95.9 Å². The number of amides is 1. The molecule has 0 aliphatic heterocycles. The van der Waals surface area contributed by atoms with E-state index in [4.69, 9.17) is 4.74 Å². The largest absolute Gasteiger partial charge is 0.466 e. The van der Waals surface area contributed by atoms with E-state index >= 15 is 0 Å². The van der Waals surface area contributed by atoms with Crippen molar-refractivity contribution in [3.05, 3.63) is 48.6 Å². The molecule has 3 N–H and O–H groups in total. The lowest BCUT2D eigenvalue weighted by atomic mass is 10.0. The Morgan fingerprint density at radius 1 is 0.364 bits per heavy atom. The first-order valence-corrected chi connectivity index (χ1v) is 34.4. The standard InChI is InChI=1S/C71H133NO5/c1-3-5-7-9-11-13-15-16-38-42-45-49-53-57-61-65-71(76)77-66-62-58-54-50-46-43-40-37-35-33-31-29-27-25-23-21-19-17-18-20-22-24-26-28-30-32-34-36-39-41-44-48-52-56-60-64-70(75)72-68(67-73)69(74)63-59-55-51-47-14-12-10-8-6-4-2/h11,13,16,19,21,25,27,38,68-69,73-74H,3-10,12,14-15,17-18,20,22-24,26,28-37,39-67H2,1-2H3,(H,72,75)/b13-11-,21-19-,27-25-,38-16-. The fourth-order valence-electron chi connectivity index (χ4n) is 10.6. The number of allylic oxidation sites excluding steroid dienone is 8. The molecule has 6 heteroatoms. The third kappa shape index (κ3) is 62.9. The van der Waals surface area contributed by atoms with Crippen LogP contribution < -0.4 is 5.32 Å². The summed E-state index contributed by atoms with van der Waals surface area (Å²) < 4.78 is 5.48. The summed E-state index contributed by atoms with van der Waals surface area (Å²) in [6.07, 6.45) is 86.0. The zero-order chi connectivity index (χ0) is 55.7. The van der Waals surface area contributed by atoms with Crippen LogP contribution in [0.25, 0.3) is 0 Å². The van der Waals surface area contributed by atoms with Crippen molar-refractivity contribution in [1.82, 2.24) is 5.32 Å². The lowest BCUT2D eigenvalue weighted by molar-refractivity contribution is -0.143. The van der Waals surface area contributed by atoms with Crippen molar-refractivity contribution in [3.8, 4) is 0 Å². The first kappa shape index (κ1) is 74.8. The number of esters is 1. The number of carbonyl (C=O) groups is 2. The summed E-state index contributed by atoms with van der Waals surface area (Å²) in [5.41, 5.74) is 0. The van der Waals surface area contributed by atoms with Gasteiger partial charge >= 0.3 is 5.97 Å². The summed E-state index contributed by atoms with van der Waals surface area (Å²) in [6, 6.07) is -0.538. The Morgan fingerprint density at radius 3 is 1.01 bits per heavy atom. The van der Waals surface area contributed by atoms with Crippen molar-refractivity contribution in [1.29, 1.82) is 0 Å². The van der Waals surface area contributed by atoms with Gasteiger partial charge in [-0.1, -0.05) is 313 Å². The van der Waals surface area contributed by atoms with Gasteiger partial charge in [0.25, 0.3) is 0 Å². The highest BCUT2D eigenvalue weighted by Gasteiger charge is 2.20. The number of nitrogens with one attached hydrogen (secondary N) is 1. The van der Waals surface area contributed by atoms with Gasteiger partial charge < -0.3 is 20.3 Å². The summed E-state index contributed by atoms with van der Waals surface area (Å²) in [6.45, 7) is 4.92. The molecule has 6 nitrogen and oxygen atoms in total. The number of aliphatic hydroxyl groups excluding tert-OH is 2. The fourth-order valence-corrected chi connectivity index (χ4v) is 10.6. The van der Waals surface area contributed by atoms with Crippen LogP contribution in [0, 0.1) is 0 Å². The van der Waals surface area contributed by atoms with E-state index in [9.17, 15) is 19.8 Å². The SMILES string of the molecule is CCCCC/C=C\C/C=C\CCCCCCCC(=O)OCCCCCCCCCCCCC/C=C\C/C=C\CCCCCCCCCCCCCCCCCCCC(=O)NC(CO)C(O)CCCCCCCCCCCC. The summed E-state index contributed by atoms with van der Waals surface area (Å²) in [4.78, 5) is 24.5. The molecule has 0 heterocycles. The van der Waals surface area contributed by atoms with Gasteiger partial charge in [-0.25, -0.2) is 0 Å². The monoisotopic (exact) mass is 1080 g/mol. The predicted octanol–water partition coefficient (Wildman–Crippen LogP) is 22.1. The summed E-state index contributed by atoms with van der Waals surface area (Å²) >= 11 is 0. The molecule has 1 amide bonds. The van der Waals surface area contributed by atoms with Crippen LogP contribution in [0.1, 0.15) is 367 Å². The van der Waals surface area contributed by atoms with Gasteiger partial charge in [-0.2, -0.15) is 0 Å². The van der Waals surface area contributed by atoms with E-state index in [1.807, 2.05) is 0 Å². The Hall–Kier alpha value is -2.18. The molecule has 0 aromatic heterocycles. The minimum absolute atomic E-state index is 0.00260. The van der Waals surface area contributed by atoms with Crippen LogP contribution in [0.4, 0.5) is 0 Å². The molecule has 0 aliphatic rings. The van der Waals surface area contributed by atoms with Crippen molar-refractivity contribution in [2.24, 2.45) is 0 Å². The molecule has 0 rings (SSSR count). The van der Waals surface area contributed by atoms with E-state index in [0.717, 1.165) is 57.8 Å². The van der Waals surface area contributed by atoms with E-state index in [1.54, 1.807) is 0 Å². The van der Waals surface area contributed by atoms with Crippen LogP contribution in [0.2, 0.25) is 0 Å². The average molecular weight is 1080 g/mol. The molecule has 0 saturated heterocycles. The molecule has 0 aromatic carbocycles. The third-order valence-corrected chi connectivity index (χ3v) is 15.9. The average Bonchev–Trinajstić information content (AvgIpc) is 3.43. The van der Waals surface area contributed by atoms with Gasteiger partial charge in [0, 0.05) is 12.8 Å². The molecule has 2 atom stereocenters.